The highest BCUT2D eigenvalue weighted by atomic mass is 16.5. The van der Waals surface area contributed by atoms with Crippen molar-refractivity contribution in [1.82, 2.24) is 30.2 Å². The lowest BCUT2D eigenvalue weighted by Crippen LogP contribution is -2.55. The molecule has 6 rings (SSSR count). The Morgan fingerprint density at radius 2 is 1.90 bits per heavy atom. The number of hydrogen-bond acceptors (Lipinski definition) is 9. The van der Waals surface area contributed by atoms with Crippen LogP contribution < -0.4 is 19.9 Å². The highest BCUT2D eigenvalue weighted by Gasteiger charge is 2.52. The van der Waals surface area contributed by atoms with E-state index in [0.717, 1.165) is 29.9 Å². The topological polar surface area (TPSA) is 137 Å². The van der Waals surface area contributed by atoms with Gasteiger partial charge in [-0.2, -0.15) is 4.98 Å². The lowest BCUT2D eigenvalue weighted by atomic mass is 9.82. The van der Waals surface area contributed by atoms with E-state index in [9.17, 15) is 14.4 Å². The van der Waals surface area contributed by atoms with Gasteiger partial charge in [0, 0.05) is 44.5 Å². The second kappa shape index (κ2) is 10.1. The van der Waals surface area contributed by atoms with Crippen LogP contribution in [-0.4, -0.2) is 81.0 Å². The zero-order valence-electron chi connectivity index (χ0n) is 23.0. The van der Waals surface area contributed by atoms with Gasteiger partial charge in [0.05, 0.1) is 18.4 Å². The van der Waals surface area contributed by atoms with E-state index in [1.165, 1.54) is 4.90 Å². The van der Waals surface area contributed by atoms with Crippen LogP contribution >= 0.6 is 0 Å². The number of imidazole rings is 1. The molecule has 2 atom stereocenters. The van der Waals surface area contributed by atoms with Gasteiger partial charge in [-0.05, 0) is 50.7 Å². The van der Waals surface area contributed by atoms with Crippen molar-refractivity contribution in [1.29, 1.82) is 0 Å². The highest BCUT2D eigenvalue weighted by Crippen LogP contribution is 2.41. The van der Waals surface area contributed by atoms with Crippen molar-refractivity contribution in [3.05, 3.63) is 36.3 Å². The van der Waals surface area contributed by atoms with Gasteiger partial charge in [-0.15, -0.1) is 0 Å². The van der Waals surface area contributed by atoms with Crippen LogP contribution in [0.4, 0.5) is 16.4 Å². The normalized spacial score (nSPS) is 22.0. The largest absolute Gasteiger partial charge is 0.426 e. The summed E-state index contributed by atoms with van der Waals surface area (Å²) in [6, 6.07) is 5.60. The lowest BCUT2D eigenvalue weighted by molar-refractivity contribution is -0.142. The Hall–Kier alpha value is -4.22. The van der Waals surface area contributed by atoms with E-state index >= 15 is 0 Å². The summed E-state index contributed by atoms with van der Waals surface area (Å²) >= 11 is 0. The highest BCUT2D eigenvalue weighted by molar-refractivity contribution is 6.07. The Bertz CT molecular complexity index is 1460. The molecule has 2 unspecified atom stereocenters. The molecule has 12 heteroatoms. The van der Waals surface area contributed by atoms with E-state index in [1.54, 1.807) is 12.5 Å². The fourth-order valence-electron chi connectivity index (χ4n) is 6.20. The predicted molar refractivity (Wildman–Crippen MR) is 148 cm³/mol. The first kappa shape index (κ1) is 26.0. The molecule has 1 spiro atoms. The minimum absolute atomic E-state index is 0.0909. The molecule has 210 valence electrons. The number of H-pyrrole nitrogens is 1. The Morgan fingerprint density at radius 1 is 1.12 bits per heavy atom. The summed E-state index contributed by atoms with van der Waals surface area (Å²) in [4.78, 5) is 61.0. The van der Waals surface area contributed by atoms with Crippen molar-refractivity contribution in [2.75, 3.05) is 42.5 Å². The van der Waals surface area contributed by atoms with Crippen LogP contribution in [-0.2, 0) is 9.59 Å². The number of aromatic nitrogens is 4. The number of aromatic amines is 1. The van der Waals surface area contributed by atoms with E-state index in [1.807, 2.05) is 24.0 Å². The number of hydrogen-bond donors (Lipinski definition) is 2. The van der Waals surface area contributed by atoms with Gasteiger partial charge in [0.25, 0.3) is 5.91 Å². The monoisotopic (exact) mass is 546 g/mol. The van der Waals surface area contributed by atoms with Gasteiger partial charge in [0.1, 0.15) is 16.8 Å². The number of piperidine rings is 1. The molecule has 0 bridgehead atoms. The molecular weight excluding hydrogens is 512 g/mol. The summed E-state index contributed by atoms with van der Waals surface area (Å²) in [6.45, 7) is 9.11. The Labute approximate surface area is 232 Å². The number of benzene rings is 1. The molecular formula is C28H34N8O4. The molecule has 0 aliphatic carbocycles. The third kappa shape index (κ3) is 4.31. The quantitative estimate of drug-likeness (QED) is 0.260. The number of fused-ring (bicyclic) bond motifs is 2. The van der Waals surface area contributed by atoms with Crippen molar-refractivity contribution in [2.45, 2.75) is 51.5 Å². The summed E-state index contributed by atoms with van der Waals surface area (Å²) in [5.74, 6) is 0.0564. The fraction of sp³-hybridized carbons (Fsp3) is 0.500. The number of carbonyl (C=O) groups excluding carboxylic acids is 3. The van der Waals surface area contributed by atoms with E-state index in [0.29, 0.717) is 49.7 Å². The number of anilines is 2. The minimum atomic E-state index is -0.948. The lowest BCUT2D eigenvalue weighted by Gasteiger charge is -2.37. The van der Waals surface area contributed by atoms with E-state index in [4.69, 9.17) is 4.74 Å². The number of amides is 3. The average molecular weight is 547 g/mol. The molecule has 40 heavy (non-hydrogen) atoms. The van der Waals surface area contributed by atoms with E-state index < -0.39 is 17.5 Å². The van der Waals surface area contributed by atoms with Gasteiger partial charge in [-0.3, -0.25) is 14.5 Å². The Balaban J connectivity index is 1.10. The molecule has 2 saturated heterocycles. The SMILES string of the molecule is CCN(CC)c1ccc2c(c1)OC(=O)C(CCN1C(=O)NC3(CCN(c4ncc5[nH]cnc5n4)CC3)C1=O)C2C. The molecule has 0 saturated carbocycles. The fourth-order valence-corrected chi connectivity index (χ4v) is 6.20. The van der Waals surface area contributed by atoms with E-state index in [2.05, 4.69) is 50.1 Å². The molecule has 3 amide bonds. The van der Waals surface area contributed by atoms with Crippen LogP contribution in [0.3, 0.4) is 0 Å². The maximum absolute atomic E-state index is 13.5. The number of esters is 1. The zero-order chi connectivity index (χ0) is 28.0. The Kier molecular flexibility index (Phi) is 6.55. The molecule has 0 radical (unpaired) electrons. The molecule has 3 aromatic rings. The molecule has 2 N–H and O–H groups in total. The number of imide groups is 1. The van der Waals surface area contributed by atoms with Crippen molar-refractivity contribution < 1.29 is 19.1 Å². The van der Waals surface area contributed by atoms with Crippen molar-refractivity contribution in [3.8, 4) is 5.75 Å². The van der Waals surface area contributed by atoms with Crippen molar-refractivity contribution in [2.24, 2.45) is 5.92 Å². The van der Waals surface area contributed by atoms with Crippen LogP contribution in [0, 0.1) is 5.92 Å². The maximum atomic E-state index is 13.5. The summed E-state index contributed by atoms with van der Waals surface area (Å²) in [7, 11) is 0. The molecule has 2 fully saturated rings. The average Bonchev–Trinajstić information content (AvgIpc) is 3.51. The summed E-state index contributed by atoms with van der Waals surface area (Å²) < 4.78 is 5.76. The van der Waals surface area contributed by atoms with Gasteiger partial charge < -0.3 is 24.8 Å². The number of carbonyl (C=O) groups is 3. The number of ether oxygens (including phenoxy) is 1. The molecule has 5 heterocycles. The van der Waals surface area contributed by atoms with Gasteiger partial charge in [-0.1, -0.05) is 13.0 Å². The molecule has 3 aliphatic rings. The number of nitrogens with zero attached hydrogens (tertiary/aromatic N) is 6. The second-order valence-electron chi connectivity index (χ2n) is 10.8. The van der Waals surface area contributed by atoms with E-state index in [-0.39, 0.29) is 24.3 Å². The third-order valence-electron chi connectivity index (χ3n) is 8.71. The standard InChI is InChI=1S/C28H34N8O4/c1-4-34(5-2)18-6-7-19-17(3)20(24(37)40-22(19)14-18)8-11-36-25(38)28(33-27(36)39)9-12-35(13-10-28)26-29-15-21-23(32-26)31-16-30-21/h6-7,14-17,20H,4-5,8-13H2,1-3H3,(H,33,39)(H,29,30,31,32). The first-order valence-electron chi connectivity index (χ1n) is 14.0. The number of nitrogens with one attached hydrogen (secondary N) is 2. The smallest absolute Gasteiger partial charge is 0.325 e. The van der Waals surface area contributed by atoms with Crippen LogP contribution in [0.15, 0.2) is 30.7 Å². The van der Waals surface area contributed by atoms with Crippen molar-refractivity contribution in [3.63, 3.8) is 0 Å². The van der Waals surface area contributed by atoms with Crippen LogP contribution in [0.5, 0.6) is 5.75 Å². The van der Waals surface area contributed by atoms with Gasteiger partial charge >= 0.3 is 12.0 Å². The molecule has 1 aromatic carbocycles. The van der Waals surface area contributed by atoms with Gasteiger partial charge in [0.2, 0.25) is 5.95 Å². The maximum Gasteiger partial charge on any atom is 0.325 e. The van der Waals surface area contributed by atoms with Crippen molar-refractivity contribution >= 4 is 40.7 Å². The minimum Gasteiger partial charge on any atom is -0.426 e. The van der Waals surface area contributed by atoms with Gasteiger partial charge in [0.15, 0.2) is 5.65 Å². The summed E-state index contributed by atoms with van der Waals surface area (Å²) in [6.07, 6.45) is 4.50. The predicted octanol–water partition coefficient (Wildman–Crippen LogP) is 2.82. The number of urea groups is 1. The van der Waals surface area contributed by atoms with Crippen LogP contribution in [0.2, 0.25) is 0 Å². The summed E-state index contributed by atoms with van der Waals surface area (Å²) in [5, 5.41) is 2.95. The second-order valence-corrected chi connectivity index (χ2v) is 10.8. The number of rotatable bonds is 7. The zero-order valence-corrected chi connectivity index (χ0v) is 23.0. The molecule has 2 aromatic heterocycles. The third-order valence-corrected chi connectivity index (χ3v) is 8.71. The van der Waals surface area contributed by atoms with Gasteiger partial charge in [-0.25, -0.2) is 14.8 Å². The molecule has 12 nitrogen and oxygen atoms in total. The molecule has 3 aliphatic heterocycles. The summed E-state index contributed by atoms with van der Waals surface area (Å²) in [5.41, 5.74) is 2.39. The first-order chi connectivity index (χ1) is 19.3. The first-order valence-corrected chi connectivity index (χ1v) is 14.0. The van der Waals surface area contributed by atoms with Crippen LogP contribution in [0.1, 0.15) is 51.5 Å². The van der Waals surface area contributed by atoms with Crippen LogP contribution in [0.25, 0.3) is 11.2 Å². The Morgan fingerprint density at radius 3 is 2.65 bits per heavy atom.